The second-order valence-corrected chi connectivity index (χ2v) is 7.40. The van der Waals surface area contributed by atoms with Crippen molar-refractivity contribution in [2.24, 2.45) is 0 Å². The fourth-order valence-corrected chi connectivity index (χ4v) is 3.74. The van der Waals surface area contributed by atoms with Crippen molar-refractivity contribution in [3.8, 4) is 0 Å². The minimum atomic E-state index is -0.411. The van der Waals surface area contributed by atoms with Crippen LogP contribution >= 0.6 is 0 Å². The highest BCUT2D eigenvalue weighted by Crippen LogP contribution is 2.38. The Morgan fingerprint density at radius 2 is 1.62 bits per heavy atom. The lowest BCUT2D eigenvalue weighted by Gasteiger charge is -2.44. The maximum atomic E-state index is 10.9. The number of piperidine rings is 1. The predicted molar refractivity (Wildman–Crippen MR) is 87.5 cm³/mol. The number of hydrogen-bond donors (Lipinski definition) is 1. The van der Waals surface area contributed by atoms with Crippen LogP contribution in [0.15, 0.2) is 24.3 Å². The highest BCUT2D eigenvalue weighted by atomic mass is 16.3. The molecule has 3 rings (SSSR count). The molecule has 1 aliphatic heterocycles. The number of benzene rings is 1. The zero-order valence-corrected chi connectivity index (χ0v) is 13.5. The van der Waals surface area contributed by atoms with Gasteiger partial charge in [0.05, 0.1) is 6.10 Å². The van der Waals surface area contributed by atoms with Gasteiger partial charge in [-0.05, 0) is 69.7 Å². The Labute approximate surface area is 129 Å². The van der Waals surface area contributed by atoms with Crippen LogP contribution in [0.1, 0.15) is 75.5 Å². The Morgan fingerprint density at radius 3 is 2.14 bits per heavy atom. The molecule has 1 saturated carbocycles. The summed E-state index contributed by atoms with van der Waals surface area (Å²) in [5, 5.41) is 10.9. The lowest BCUT2D eigenvalue weighted by atomic mass is 9.79. The minimum absolute atomic E-state index is 0.182. The lowest BCUT2D eigenvalue weighted by Crippen LogP contribution is -2.50. The van der Waals surface area contributed by atoms with Crippen LogP contribution in [-0.4, -0.2) is 28.6 Å². The van der Waals surface area contributed by atoms with Crippen molar-refractivity contribution < 1.29 is 5.11 Å². The summed E-state index contributed by atoms with van der Waals surface area (Å²) in [6.07, 6.45) is 7.48. The standard InChI is InChI=1S/C19H29NO/c1-19(2,20-13-4-3-5-14-20)18(21)17-11-9-16(10-12-17)15-7-6-8-15/h9-12,15,18,21H,3-8,13-14H2,1-2H3. The van der Waals surface area contributed by atoms with Crippen LogP contribution in [0, 0.1) is 0 Å². The molecule has 116 valence electrons. The van der Waals surface area contributed by atoms with Crippen molar-refractivity contribution in [2.75, 3.05) is 13.1 Å². The first-order valence-electron chi connectivity index (χ1n) is 8.62. The van der Waals surface area contributed by atoms with E-state index in [1.54, 1.807) is 0 Å². The van der Waals surface area contributed by atoms with E-state index in [4.69, 9.17) is 0 Å². The summed E-state index contributed by atoms with van der Waals surface area (Å²) in [6, 6.07) is 8.75. The quantitative estimate of drug-likeness (QED) is 0.894. The number of nitrogens with zero attached hydrogens (tertiary/aromatic N) is 1. The summed E-state index contributed by atoms with van der Waals surface area (Å²) >= 11 is 0. The summed E-state index contributed by atoms with van der Waals surface area (Å²) < 4.78 is 0. The fraction of sp³-hybridized carbons (Fsp3) is 0.684. The first-order chi connectivity index (χ1) is 10.1. The topological polar surface area (TPSA) is 23.5 Å². The third-order valence-corrected chi connectivity index (χ3v) is 5.67. The summed E-state index contributed by atoms with van der Waals surface area (Å²) in [5.41, 5.74) is 2.33. The van der Waals surface area contributed by atoms with E-state index in [9.17, 15) is 5.11 Å². The summed E-state index contributed by atoms with van der Waals surface area (Å²) in [6.45, 7) is 6.60. The van der Waals surface area contributed by atoms with Gasteiger partial charge in [-0.3, -0.25) is 4.90 Å². The second kappa shape index (κ2) is 6.10. The van der Waals surface area contributed by atoms with Gasteiger partial charge in [0.2, 0.25) is 0 Å². The number of hydrogen-bond acceptors (Lipinski definition) is 2. The molecule has 1 aromatic carbocycles. The monoisotopic (exact) mass is 287 g/mol. The molecular weight excluding hydrogens is 258 g/mol. The predicted octanol–water partition coefficient (Wildman–Crippen LogP) is 4.25. The van der Waals surface area contributed by atoms with Gasteiger partial charge in [-0.2, -0.15) is 0 Å². The first kappa shape index (κ1) is 15.1. The molecule has 1 N–H and O–H groups in total. The van der Waals surface area contributed by atoms with Crippen molar-refractivity contribution in [1.29, 1.82) is 0 Å². The molecule has 2 aliphatic rings. The van der Waals surface area contributed by atoms with Crippen LogP contribution in [0.3, 0.4) is 0 Å². The molecule has 0 bridgehead atoms. The zero-order chi connectivity index (χ0) is 14.9. The molecule has 0 aromatic heterocycles. The van der Waals surface area contributed by atoms with Gasteiger partial charge in [0.1, 0.15) is 0 Å². The van der Waals surface area contributed by atoms with Gasteiger partial charge in [-0.1, -0.05) is 37.1 Å². The minimum Gasteiger partial charge on any atom is -0.386 e. The molecule has 1 aliphatic carbocycles. The third-order valence-electron chi connectivity index (χ3n) is 5.67. The number of aliphatic hydroxyl groups excluding tert-OH is 1. The van der Waals surface area contributed by atoms with Crippen molar-refractivity contribution in [3.05, 3.63) is 35.4 Å². The van der Waals surface area contributed by atoms with E-state index in [2.05, 4.69) is 43.0 Å². The van der Waals surface area contributed by atoms with Gasteiger partial charge in [-0.25, -0.2) is 0 Å². The average Bonchev–Trinajstić information content (AvgIpc) is 2.46. The second-order valence-electron chi connectivity index (χ2n) is 7.40. The van der Waals surface area contributed by atoms with E-state index in [0.29, 0.717) is 0 Å². The Balaban J connectivity index is 1.71. The number of aliphatic hydroxyl groups is 1. The third kappa shape index (κ3) is 3.02. The van der Waals surface area contributed by atoms with Crippen LogP contribution < -0.4 is 0 Å². The van der Waals surface area contributed by atoms with Gasteiger partial charge in [0.25, 0.3) is 0 Å². The molecule has 21 heavy (non-hydrogen) atoms. The molecular formula is C19H29NO. The maximum Gasteiger partial charge on any atom is 0.0968 e. The van der Waals surface area contributed by atoms with Crippen LogP contribution in [-0.2, 0) is 0 Å². The number of rotatable bonds is 4. The Kier molecular flexibility index (Phi) is 4.37. The highest BCUT2D eigenvalue weighted by molar-refractivity contribution is 5.29. The summed E-state index contributed by atoms with van der Waals surface area (Å²) in [7, 11) is 0. The molecule has 1 atom stereocenters. The SMILES string of the molecule is CC(C)(C(O)c1ccc(C2CCC2)cc1)N1CCCCC1. The van der Waals surface area contributed by atoms with Crippen LogP contribution in [0.25, 0.3) is 0 Å². The summed E-state index contributed by atoms with van der Waals surface area (Å²) in [5.74, 6) is 0.770. The van der Waals surface area contributed by atoms with Gasteiger partial charge in [0.15, 0.2) is 0 Å². The van der Waals surface area contributed by atoms with Gasteiger partial charge in [-0.15, -0.1) is 0 Å². The van der Waals surface area contributed by atoms with Crippen LogP contribution in [0.5, 0.6) is 0 Å². The van der Waals surface area contributed by atoms with Crippen molar-refractivity contribution in [1.82, 2.24) is 4.90 Å². The normalized spacial score (nSPS) is 22.8. The molecule has 1 heterocycles. The smallest absolute Gasteiger partial charge is 0.0968 e. The van der Waals surface area contributed by atoms with Crippen LogP contribution in [0.4, 0.5) is 0 Å². The van der Waals surface area contributed by atoms with E-state index >= 15 is 0 Å². The highest BCUT2D eigenvalue weighted by Gasteiger charge is 2.35. The van der Waals surface area contributed by atoms with Crippen LogP contribution in [0.2, 0.25) is 0 Å². The average molecular weight is 287 g/mol. The van der Waals surface area contributed by atoms with E-state index in [0.717, 1.165) is 24.6 Å². The molecule has 0 spiro atoms. The number of likely N-dealkylation sites (tertiary alicyclic amines) is 1. The van der Waals surface area contributed by atoms with Gasteiger partial charge in [0, 0.05) is 5.54 Å². The Bertz CT molecular complexity index is 455. The van der Waals surface area contributed by atoms with Crippen molar-refractivity contribution in [3.63, 3.8) is 0 Å². The lowest BCUT2D eigenvalue weighted by molar-refractivity contribution is -0.0209. The van der Waals surface area contributed by atoms with Gasteiger partial charge < -0.3 is 5.11 Å². The van der Waals surface area contributed by atoms with E-state index < -0.39 is 6.10 Å². The van der Waals surface area contributed by atoms with Crippen molar-refractivity contribution >= 4 is 0 Å². The van der Waals surface area contributed by atoms with E-state index in [1.165, 1.54) is 44.1 Å². The molecule has 1 saturated heterocycles. The Morgan fingerprint density at radius 1 is 1.00 bits per heavy atom. The molecule has 1 unspecified atom stereocenters. The molecule has 2 fully saturated rings. The molecule has 2 nitrogen and oxygen atoms in total. The van der Waals surface area contributed by atoms with E-state index in [-0.39, 0.29) is 5.54 Å². The maximum absolute atomic E-state index is 10.9. The molecule has 2 heteroatoms. The molecule has 0 radical (unpaired) electrons. The largest absolute Gasteiger partial charge is 0.386 e. The first-order valence-corrected chi connectivity index (χ1v) is 8.62. The Hall–Kier alpha value is -0.860. The van der Waals surface area contributed by atoms with Gasteiger partial charge >= 0.3 is 0 Å². The van der Waals surface area contributed by atoms with E-state index in [1.807, 2.05) is 0 Å². The van der Waals surface area contributed by atoms with Crippen molar-refractivity contribution in [2.45, 2.75) is 69.9 Å². The molecule has 1 aromatic rings. The molecule has 0 amide bonds. The fourth-order valence-electron chi connectivity index (χ4n) is 3.74. The zero-order valence-electron chi connectivity index (χ0n) is 13.5. The summed E-state index contributed by atoms with van der Waals surface area (Å²) in [4.78, 5) is 2.46.